The second kappa shape index (κ2) is 7.65. The molecule has 1 aromatic rings. The van der Waals surface area contributed by atoms with Crippen LogP contribution in [0, 0.1) is 5.92 Å². The van der Waals surface area contributed by atoms with Crippen LogP contribution in [0.25, 0.3) is 0 Å². The lowest BCUT2D eigenvalue weighted by Gasteiger charge is -2.32. The molecule has 136 valence electrons. The molecule has 3 heterocycles. The number of piperidine rings is 1. The van der Waals surface area contributed by atoms with Crippen LogP contribution in [0.5, 0.6) is 0 Å². The molecule has 2 amide bonds. The Balaban J connectivity index is 1.21. The summed E-state index contributed by atoms with van der Waals surface area (Å²) in [5.41, 5.74) is 1.29. The summed E-state index contributed by atoms with van der Waals surface area (Å²) in [4.78, 5) is 17.3. The molecule has 0 radical (unpaired) electrons. The van der Waals surface area contributed by atoms with E-state index in [9.17, 15) is 4.79 Å². The molecule has 1 aromatic carbocycles. The third-order valence-corrected chi connectivity index (χ3v) is 6.13. The number of nitrogens with zero attached hydrogens (tertiary/aromatic N) is 2. The fraction of sp³-hybridized carbons (Fsp3) is 0.650. The number of rotatable bonds is 4. The third-order valence-electron chi connectivity index (χ3n) is 6.13. The molecule has 3 atom stereocenters. The molecule has 0 bridgehead atoms. The predicted molar refractivity (Wildman–Crippen MR) is 101 cm³/mol. The molecule has 3 aliphatic heterocycles. The highest BCUT2D eigenvalue weighted by Gasteiger charge is 2.36. The number of anilines is 1. The molecule has 2 N–H and O–H groups in total. The van der Waals surface area contributed by atoms with Gasteiger partial charge in [-0.15, -0.1) is 0 Å². The summed E-state index contributed by atoms with van der Waals surface area (Å²) in [5.74, 6) is 0.542. The van der Waals surface area contributed by atoms with Crippen molar-refractivity contribution < 1.29 is 4.79 Å². The lowest BCUT2D eigenvalue weighted by atomic mass is 9.99. The third kappa shape index (κ3) is 3.92. The van der Waals surface area contributed by atoms with Crippen LogP contribution in [-0.4, -0.2) is 55.7 Å². The SMILES string of the molecule is O=C(NC[C@@H]1CCN(c2ccccc2)C1)N[C@@H]1CCN2CCCC[C@H]12. The molecule has 25 heavy (non-hydrogen) atoms. The standard InChI is InChI=1S/C20H30N4O/c25-20(22-18-10-13-23-11-5-4-8-19(18)23)21-14-16-9-12-24(15-16)17-6-2-1-3-7-17/h1-3,6-7,16,18-19H,4-5,8-15H2,(H2,21,22,25)/t16-,18+,19+/m0/s1. The van der Waals surface area contributed by atoms with Crippen molar-refractivity contribution in [3.05, 3.63) is 30.3 Å². The first kappa shape index (κ1) is 16.7. The Morgan fingerprint density at radius 2 is 1.92 bits per heavy atom. The molecule has 5 heteroatoms. The largest absolute Gasteiger partial charge is 0.371 e. The Kier molecular flexibility index (Phi) is 5.11. The number of carbonyl (C=O) groups is 1. The summed E-state index contributed by atoms with van der Waals surface area (Å²) < 4.78 is 0. The van der Waals surface area contributed by atoms with Crippen molar-refractivity contribution in [2.75, 3.05) is 37.6 Å². The number of hydrogen-bond donors (Lipinski definition) is 2. The molecule has 4 rings (SSSR count). The fourth-order valence-corrected chi connectivity index (χ4v) is 4.74. The minimum absolute atomic E-state index is 0.0237. The van der Waals surface area contributed by atoms with Gasteiger partial charge < -0.3 is 15.5 Å². The van der Waals surface area contributed by atoms with Gasteiger partial charge in [-0.25, -0.2) is 4.79 Å². The topological polar surface area (TPSA) is 47.6 Å². The maximum atomic E-state index is 12.3. The number of carbonyl (C=O) groups excluding carboxylic acids is 1. The number of amides is 2. The van der Waals surface area contributed by atoms with Crippen molar-refractivity contribution in [3.63, 3.8) is 0 Å². The van der Waals surface area contributed by atoms with Gasteiger partial charge in [0.15, 0.2) is 0 Å². The minimum Gasteiger partial charge on any atom is -0.371 e. The predicted octanol–water partition coefficient (Wildman–Crippen LogP) is 2.44. The van der Waals surface area contributed by atoms with Gasteiger partial charge in [0.2, 0.25) is 0 Å². The van der Waals surface area contributed by atoms with Crippen LogP contribution in [0.15, 0.2) is 30.3 Å². The van der Waals surface area contributed by atoms with Gasteiger partial charge in [0.05, 0.1) is 0 Å². The van der Waals surface area contributed by atoms with E-state index >= 15 is 0 Å². The number of para-hydroxylation sites is 1. The van der Waals surface area contributed by atoms with Crippen molar-refractivity contribution in [2.24, 2.45) is 5.92 Å². The highest BCUT2D eigenvalue weighted by molar-refractivity contribution is 5.74. The van der Waals surface area contributed by atoms with Crippen LogP contribution in [0.3, 0.4) is 0 Å². The lowest BCUT2D eigenvalue weighted by molar-refractivity contribution is 0.178. The Labute approximate surface area is 150 Å². The van der Waals surface area contributed by atoms with Crippen LogP contribution in [0.1, 0.15) is 32.1 Å². The molecular weight excluding hydrogens is 312 g/mol. The maximum Gasteiger partial charge on any atom is 0.315 e. The van der Waals surface area contributed by atoms with Crippen LogP contribution < -0.4 is 15.5 Å². The van der Waals surface area contributed by atoms with Crippen molar-refractivity contribution in [1.29, 1.82) is 0 Å². The molecule has 3 fully saturated rings. The van der Waals surface area contributed by atoms with E-state index in [1.165, 1.54) is 31.5 Å². The number of benzene rings is 1. The average Bonchev–Trinajstić information content (AvgIpc) is 3.28. The molecule has 0 saturated carbocycles. The summed E-state index contributed by atoms with van der Waals surface area (Å²) >= 11 is 0. The number of urea groups is 1. The maximum absolute atomic E-state index is 12.3. The zero-order valence-electron chi connectivity index (χ0n) is 15.0. The van der Waals surface area contributed by atoms with Gasteiger partial charge in [-0.05, 0) is 50.3 Å². The van der Waals surface area contributed by atoms with Gasteiger partial charge in [-0.2, -0.15) is 0 Å². The normalized spacial score (nSPS) is 29.4. The number of nitrogens with one attached hydrogen (secondary N) is 2. The quantitative estimate of drug-likeness (QED) is 0.883. The van der Waals surface area contributed by atoms with E-state index in [2.05, 4.69) is 50.8 Å². The Hall–Kier alpha value is -1.75. The van der Waals surface area contributed by atoms with Gasteiger partial charge >= 0.3 is 6.03 Å². The van der Waals surface area contributed by atoms with E-state index in [1.54, 1.807) is 0 Å². The smallest absolute Gasteiger partial charge is 0.315 e. The molecule has 0 spiro atoms. The Morgan fingerprint density at radius 3 is 2.80 bits per heavy atom. The van der Waals surface area contributed by atoms with Crippen molar-refractivity contribution in [2.45, 2.75) is 44.2 Å². The second-order valence-corrected chi connectivity index (χ2v) is 7.78. The lowest BCUT2D eigenvalue weighted by Crippen LogP contribution is -2.50. The van der Waals surface area contributed by atoms with Crippen LogP contribution in [-0.2, 0) is 0 Å². The van der Waals surface area contributed by atoms with E-state index in [1.807, 2.05) is 0 Å². The molecule has 5 nitrogen and oxygen atoms in total. The number of hydrogen-bond acceptors (Lipinski definition) is 3. The zero-order chi connectivity index (χ0) is 17.1. The molecule has 0 unspecified atom stereocenters. The van der Waals surface area contributed by atoms with Gasteiger partial charge in [-0.1, -0.05) is 24.6 Å². The zero-order valence-corrected chi connectivity index (χ0v) is 15.0. The number of fused-ring (bicyclic) bond motifs is 1. The summed E-state index contributed by atoms with van der Waals surface area (Å²) in [5, 5.41) is 6.36. The van der Waals surface area contributed by atoms with Gasteiger partial charge in [0.25, 0.3) is 0 Å². The van der Waals surface area contributed by atoms with E-state index in [4.69, 9.17) is 0 Å². The summed E-state index contributed by atoms with van der Waals surface area (Å²) in [7, 11) is 0. The van der Waals surface area contributed by atoms with E-state index in [-0.39, 0.29) is 6.03 Å². The Morgan fingerprint density at radius 1 is 1.04 bits per heavy atom. The van der Waals surface area contributed by atoms with E-state index in [0.717, 1.165) is 39.0 Å². The first-order chi connectivity index (χ1) is 12.3. The summed E-state index contributed by atoms with van der Waals surface area (Å²) in [6.45, 7) is 5.24. The van der Waals surface area contributed by atoms with Gasteiger partial charge in [0, 0.05) is 44.0 Å². The highest BCUT2D eigenvalue weighted by Crippen LogP contribution is 2.27. The second-order valence-electron chi connectivity index (χ2n) is 7.78. The summed E-state index contributed by atoms with van der Waals surface area (Å²) in [6.07, 6.45) is 6.10. The summed E-state index contributed by atoms with van der Waals surface area (Å²) in [6, 6.07) is 11.5. The van der Waals surface area contributed by atoms with Crippen LogP contribution >= 0.6 is 0 Å². The van der Waals surface area contributed by atoms with Crippen LogP contribution in [0.4, 0.5) is 10.5 Å². The fourth-order valence-electron chi connectivity index (χ4n) is 4.74. The first-order valence-corrected chi connectivity index (χ1v) is 9.88. The van der Waals surface area contributed by atoms with Crippen molar-refractivity contribution >= 4 is 11.7 Å². The molecule has 3 saturated heterocycles. The van der Waals surface area contributed by atoms with Crippen molar-refractivity contribution in [3.8, 4) is 0 Å². The molecule has 0 aliphatic carbocycles. The average molecular weight is 342 g/mol. The Bertz CT molecular complexity index is 578. The van der Waals surface area contributed by atoms with E-state index in [0.29, 0.717) is 18.0 Å². The first-order valence-electron chi connectivity index (χ1n) is 9.88. The highest BCUT2D eigenvalue weighted by atomic mass is 16.2. The molecule has 0 aromatic heterocycles. The van der Waals surface area contributed by atoms with Gasteiger partial charge in [0.1, 0.15) is 0 Å². The van der Waals surface area contributed by atoms with E-state index < -0.39 is 0 Å². The van der Waals surface area contributed by atoms with Crippen LogP contribution in [0.2, 0.25) is 0 Å². The molecule has 3 aliphatic rings. The van der Waals surface area contributed by atoms with Crippen molar-refractivity contribution in [1.82, 2.24) is 15.5 Å². The minimum atomic E-state index is 0.0237. The molecular formula is C20H30N4O. The monoisotopic (exact) mass is 342 g/mol. The van der Waals surface area contributed by atoms with Gasteiger partial charge in [-0.3, -0.25) is 4.90 Å².